The van der Waals surface area contributed by atoms with Gasteiger partial charge in [-0.15, -0.1) is 0 Å². The molecule has 110 valence electrons. The van der Waals surface area contributed by atoms with Gasteiger partial charge in [-0.1, -0.05) is 49.3 Å². The van der Waals surface area contributed by atoms with Gasteiger partial charge in [-0.3, -0.25) is 4.79 Å². The topological polar surface area (TPSA) is 59.2 Å². The van der Waals surface area contributed by atoms with Crippen LogP contribution in [0.4, 0.5) is 0 Å². The van der Waals surface area contributed by atoms with E-state index >= 15 is 0 Å². The standard InChI is InChI=1S/C16H19N3O2/c1-11(2)16(20)19-10-6-9-13(19)15-17-14(18-21-15)12-7-4-3-5-8-12/h3-5,7-8,11,13H,6,9-10H2,1-2H3. The van der Waals surface area contributed by atoms with E-state index in [2.05, 4.69) is 10.1 Å². The van der Waals surface area contributed by atoms with Crippen LogP contribution in [-0.2, 0) is 4.79 Å². The van der Waals surface area contributed by atoms with Crippen LogP contribution in [0, 0.1) is 5.92 Å². The van der Waals surface area contributed by atoms with Crippen LogP contribution >= 0.6 is 0 Å². The summed E-state index contributed by atoms with van der Waals surface area (Å²) in [5.41, 5.74) is 0.923. The third kappa shape index (κ3) is 2.68. The number of benzene rings is 1. The number of amides is 1. The molecule has 21 heavy (non-hydrogen) atoms. The van der Waals surface area contributed by atoms with Crippen molar-refractivity contribution in [3.8, 4) is 11.4 Å². The second kappa shape index (κ2) is 5.68. The van der Waals surface area contributed by atoms with Gasteiger partial charge in [0.05, 0.1) is 0 Å². The Hall–Kier alpha value is -2.17. The van der Waals surface area contributed by atoms with Crippen molar-refractivity contribution in [3.63, 3.8) is 0 Å². The number of carbonyl (C=O) groups is 1. The summed E-state index contributed by atoms with van der Waals surface area (Å²) in [6, 6.07) is 9.64. The fraction of sp³-hybridized carbons (Fsp3) is 0.438. The second-order valence-corrected chi connectivity index (χ2v) is 5.67. The van der Waals surface area contributed by atoms with E-state index in [0.29, 0.717) is 11.7 Å². The predicted molar refractivity (Wildman–Crippen MR) is 78.3 cm³/mol. The maximum absolute atomic E-state index is 12.2. The number of aromatic nitrogens is 2. The molecule has 5 heteroatoms. The minimum atomic E-state index is -0.0788. The van der Waals surface area contributed by atoms with Crippen molar-refractivity contribution < 1.29 is 9.32 Å². The molecule has 1 aliphatic heterocycles. The van der Waals surface area contributed by atoms with Gasteiger partial charge >= 0.3 is 0 Å². The largest absolute Gasteiger partial charge is 0.337 e. The molecule has 1 aliphatic rings. The Morgan fingerprint density at radius 2 is 2.10 bits per heavy atom. The minimum Gasteiger partial charge on any atom is -0.337 e. The molecular formula is C16H19N3O2. The van der Waals surface area contributed by atoms with Crippen LogP contribution in [0.3, 0.4) is 0 Å². The van der Waals surface area contributed by atoms with Gasteiger partial charge in [0.1, 0.15) is 6.04 Å². The molecule has 3 rings (SSSR count). The Kier molecular flexibility index (Phi) is 3.73. The molecule has 5 nitrogen and oxygen atoms in total. The van der Waals surface area contributed by atoms with Crippen LogP contribution in [0.25, 0.3) is 11.4 Å². The Balaban J connectivity index is 1.84. The van der Waals surface area contributed by atoms with Crippen LogP contribution in [0.15, 0.2) is 34.9 Å². The van der Waals surface area contributed by atoms with Crippen molar-refractivity contribution in [2.75, 3.05) is 6.54 Å². The van der Waals surface area contributed by atoms with Crippen molar-refractivity contribution in [3.05, 3.63) is 36.2 Å². The smallest absolute Gasteiger partial charge is 0.249 e. The number of rotatable bonds is 3. The van der Waals surface area contributed by atoms with E-state index in [1.54, 1.807) is 0 Å². The number of hydrogen-bond acceptors (Lipinski definition) is 4. The van der Waals surface area contributed by atoms with Gasteiger partial charge in [-0.2, -0.15) is 4.98 Å². The van der Waals surface area contributed by atoms with Crippen molar-refractivity contribution in [2.45, 2.75) is 32.7 Å². The number of nitrogens with zero attached hydrogens (tertiary/aromatic N) is 3. The summed E-state index contributed by atoms with van der Waals surface area (Å²) >= 11 is 0. The highest BCUT2D eigenvalue weighted by molar-refractivity contribution is 5.78. The van der Waals surface area contributed by atoms with E-state index in [4.69, 9.17) is 4.52 Å². The molecule has 0 aliphatic carbocycles. The Morgan fingerprint density at radius 3 is 2.81 bits per heavy atom. The zero-order valence-electron chi connectivity index (χ0n) is 12.3. The molecule has 1 amide bonds. The summed E-state index contributed by atoms with van der Waals surface area (Å²) in [4.78, 5) is 18.6. The van der Waals surface area contributed by atoms with E-state index in [1.807, 2.05) is 49.1 Å². The van der Waals surface area contributed by atoms with Crippen molar-refractivity contribution in [1.29, 1.82) is 0 Å². The lowest BCUT2D eigenvalue weighted by Gasteiger charge is -2.23. The average molecular weight is 285 g/mol. The monoisotopic (exact) mass is 285 g/mol. The SMILES string of the molecule is CC(C)C(=O)N1CCCC1c1nc(-c2ccccc2)no1. The first kappa shape index (κ1) is 13.8. The maximum Gasteiger partial charge on any atom is 0.249 e. The van der Waals surface area contributed by atoms with Crippen LogP contribution in [0.5, 0.6) is 0 Å². The first-order valence-corrected chi connectivity index (χ1v) is 7.36. The zero-order valence-corrected chi connectivity index (χ0v) is 12.3. The number of hydrogen-bond donors (Lipinski definition) is 0. The summed E-state index contributed by atoms with van der Waals surface area (Å²) in [5.74, 6) is 1.26. The Morgan fingerprint density at radius 1 is 1.33 bits per heavy atom. The van der Waals surface area contributed by atoms with Gasteiger partial charge < -0.3 is 9.42 Å². The van der Waals surface area contributed by atoms with Crippen LogP contribution in [-0.4, -0.2) is 27.5 Å². The van der Waals surface area contributed by atoms with Gasteiger partial charge in [-0.05, 0) is 12.8 Å². The zero-order chi connectivity index (χ0) is 14.8. The lowest BCUT2D eigenvalue weighted by molar-refractivity contribution is -0.135. The molecule has 0 radical (unpaired) electrons. The molecule has 1 fully saturated rings. The fourth-order valence-corrected chi connectivity index (χ4v) is 2.69. The molecule has 1 aromatic heterocycles. The lowest BCUT2D eigenvalue weighted by atomic mass is 10.1. The molecule has 0 saturated carbocycles. The Labute approximate surface area is 124 Å². The van der Waals surface area contributed by atoms with Crippen LogP contribution in [0.1, 0.15) is 38.6 Å². The first-order valence-electron chi connectivity index (χ1n) is 7.36. The maximum atomic E-state index is 12.2. The highest BCUT2D eigenvalue weighted by Gasteiger charge is 2.34. The normalized spacial score (nSPS) is 18.4. The summed E-state index contributed by atoms with van der Waals surface area (Å²) in [7, 11) is 0. The van der Waals surface area contributed by atoms with Gasteiger partial charge in [0, 0.05) is 18.0 Å². The quantitative estimate of drug-likeness (QED) is 0.869. The summed E-state index contributed by atoms with van der Waals surface area (Å²) < 4.78 is 5.41. The van der Waals surface area contributed by atoms with E-state index < -0.39 is 0 Å². The molecule has 1 atom stereocenters. The van der Waals surface area contributed by atoms with Gasteiger partial charge in [0.2, 0.25) is 17.6 Å². The predicted octanol–water partition coefficient (Wildman–Crippen LogP) is 3.06. The van der Waals surface area contributed by atoms with E-state index in [1.165, 1.54) is 0 Å². The number of likely N-dealkylation sites (tertiary alicyclic amines) is 1. The fourth-order valence-electron chi connectivity index (χ4n) is 2.69. The van der Waals surface area contributed by atoms with Gasteiger partial charge in [-0.25, -0.2) is 0 Å². The lowest BCUT2D eigenvalue weighted by Crippen LogP contribution is -2.33. The third-order valence-electron chi connectivity index (χ3n) is 3.79. The molecule has 2 aromatic rings. The number of carbonyl (C=O) groups excluding carboxylic acids is 1. The second-order valence-electron chi connectivity index (χ2n) is 5.67. The van der Waals surface area contributed by atoms with E-state index in [0.717, 1.165) is 24.9 Å². The molecule has 0 bridgehead atoms. The molecule has 0 N–H and O–H groups in total. The molecule has 1 aromatic carbocycles. The summed E-state index contributed by atoms with van der Waals surface area (Å²) in [6.07, 6.45) is 1.86. The van der Waals surface area contributed by atoms with Gasteiger partial charge in [0.15, 0.2) is 0 Å². The van der Waals surface area contributed by atoms with Gasteiger partial charge in [0.25, 0.3) is 0 Å². The molecule has 1 unspecified atom stereocenters. The van der Waals surface area contributed by atoms with E-state index in [-0.39, 0.29) is 17.9 Å². The highest BCUT2D eigenvalue weighted by atomic mass is 16.5. The molecule has 1 saturated heterocycles. The third-order valence-corrected chi connectivity index (χ3v) is 3.79. The molecule has 0 spiro atoms. The first-order chi connectivity index (χ1) is 10.2. The van der Waals surface area contributed by atoms with Crippen LogP contribution in [0.2, 0.25) is 0 Å². The van der Waals surface area contributed by atoms with Crippen molar-refractivity contribution in [1.82, 2.24) is 15.0 Å². The average Bonchev–Trinajstić information content (AvgIpc) is 3.16. The summed E-state index contributed by atoms with van der Waals surface area (Å²) in [5, 5.41) is 4.05. The summed E-state index contributed by atoms with van der Waals surface area (Å²) in [6.45, 7) is 4.60. The van der Waals surface area contributed by atoms with Crippen molar-refractivity contribution >= 4 is 5.91 Å². The molecule has 2 heterocycles. The highest BCUT2D eigenvalue weighted by Crippen LogP contribution is 2.32. The minimum absolute atomic E-state index is 0.0119. The van der Waals surface area contributed by atoms with Crippen molar-refractivity contribution in [2.24, 2.45) is 5.92 Å². The molecular weight excluding hydrogens is 266 g/mol. The Bertz CT molecular complexity index is 621. The van der Waals surface area contributed by atoms with E-state index in [9.17, 15) is 4.79 Å². The van der Waals surface area contributed by atoms with Crippen LogP contribution < -0.4 is 0 Å².